The predicted octanol–water partition coefficient (Wildman–Crippen LogP) is 2.40. The van der Waals surface area contributed by atoms with Gasteiger partial charge in [0, 0.05) is 12.5 Å². The summed E-state index contributed by atoms with van der Waals surface area (Å²) in [6.45, 7) is 1.56. The highest BCUT2D eigenvalue weighted by molar-refractivity contribution is 5.78. The van der Waals surface area contributed by atoms with Gasteiger partial charge in [-0.05, 0) is 36.6 Å². The van der Waals surface area contributed by atoms with Crippen LogP contribution in [-0.4, -0.2) is 38.4 Å². The van der Waals surface area contributed by atoms with Gasteiger partial charge in [0.25, 0.3) is 0 Å². The molecule has 5 N–H and O–H groups in total. The third-order valence-corrected chi connectivity index (χ3v) is 5.85. The van der Waals surface area contributed by atoms with E-state index in [0.29, 0.717) is 12.0 Å². The molecule has 0 unspecified atom stereocenters. The number of carbonyl (C=O) groups is 1. The Kier molecular flexibility index (Phi) is 7.42. The van der Waals surface area contributed by atoms with E-state index in [2.05, 4.69) is 20.5 Å². The number of phenols is 1. The molecular formula is C26H26N4O7. The van der Waals surface area contributed by atoms with Crippen molar-refractivity contribution in [2.45, 2.75) is 31.7 Å². The topological polar surface area (TPSA) is 171 Å². The molecular weight excluding hydrogens is 480 g/mol. The number of H-pyrrole nitrogens is 2. The Hall–Kier alpha value is -4.80. The van der Waals surface area contributed by atoms with Gasteiger partial charge in [0.05, 0.1) is 19.1 Å². The average molecular weight is 507 g/mol. The fourth-order valence-corrected chi connectivity index (χ4v) is 4.09. The second kappa shape index (κ2) is 10.9. The van der Waals surface area contributed by atoms with Crippen LogP contribution in [0.25, 0.3) is 0 Å². The van der Waals surface area contributed by atoms with Crippen molar-refractivity contribution in [3.8, 4) is 17.2 Å². The van der Waals surface area contributed by atoms with Gasteiger partial charge in [-0.25, -0.2) is 9.89 Å². The third kappa shape index (κ3) is 5.89. The number of hydrogen-bond donors (Lipinski definition) is 5. The van der Waals surface area contributed by atoms with Crippen LogP contribution in [0.5, 0.6) is 17.2 Å². The molecule has 2 aromatic heterocycles. The number of carbonyl (C=O) groups excluding carboxylic acids is 1. The zero-order chi connectivity index (χ0) is 26.5. The van der Waals surface area contributed by atoms with Crippen molar-refractivity contribution >= 4 is 5.91 Å². The second-order valence-electron chi connectivity index (χ2n) is 8.49. The fourth-order valence-electron chi connectivity index (χ4n) is 4.09. The number of aryl methyl sites for hydroxylation is 1. The summed E-state index contributed by atoms with van der Waals surface area (Å²) in [4.78, 5) is 39.9. The first-order valence-electron chi connectivity index (χ1n) is 11.4. The summed E-state index contributed by atoms with van der Waals surface area (Å²) in [5.41, 5.74) is 0.203. The van der Waals surface area contributed by atoms with Gasteiger partial charge in [0.15, 0.2) is 23.1 Å². The molecule has 0 aliphatic carbocycles. The maximum Gasteiger partial charge on any atom is 0.340 e. The maximum atomic E-state index is 13.4. The number of aromatic nitrogens is 3. The van der Waals surface area contributed by atoms with Crippen LogP contribution < -0.4 is 21.2 Å². The minimum absolute atomic E-state index is 0.0966. The van der Waals surface area contributed by atoms with Crippen LogP contribution in [0.4, 0.5) is 0 Å². The molecule has 2 heterocycles. The number of nitrogens with one attached hydrogen (secondary N) is 3. The quantitative estimate of drug-likeness (QED) is 0.230. The highest BCUT2D eigenvalue weighted by atomic mass is 16.5. The van der Waals surface area contributed by atoms with E-state index in [1.165, 1.54) is 19.2 Å². The van der Waals surface area contributed by atoms with Gasteiger partial charge in [-0.15, -0.1) is 0 Å². The summed E-state index contributed by atoms with van der Waals surface area (Å²) >= 11 is 0. The molecule has 0 spiro atoms. The molecule has 4 aromatic rings. The Labute approximate surface area is 210 Å². The van der Waals surface area contributed by atoms with Crippen molar-refractivity contribution in [2.75, 3.05) is 7.11 Å². The van der Waals surface area contributed by atoms with Crippen molar-refractivity contribution in [3.63, 3.8) is 0 Å². The largest absolute Gasteiger partial charge is 0.504 e. The van der Waals surface area contributed by atoms with Crippen LogP contribution in [0.1, 0.15) is 46.9 Å². The molecule has 0 saturated heterocycles. The number of benzene rings is 2. The van der Waals surface area contributed by atoms with Crippen LogP contribution in [0.15, 0.2) is 68.6 Å². The van der Waals surface area contributed by atoms with Gasteiger partial charge in [0.1, 0.15) is 5.76 Å². The van der Waals surface area contributed by atoms with Gasteiger partial charge in [-0.1, -0.05) is 36.4 Å². The number of rotatable bonds is 9. The normalized spacial score (nSPS) is 12.6. The van der Waals surface area contributed by atoms with Gasteiger partial charge in [-0.3, -0.25) is 14.6 Å². The molecule has 0 fully saturated rings. The molecule has 1 amide bonds. The Morgan fingerprint density at radius 3 is 2.57 bits per heavy atom. The second-order valence-corrected chi connectivity index (χ2v) is 8.49. The van der Waals surface area contributed by atoms with E-state index in [1.54, 1.807) is 13.0 Å². The maximum absolute atomic E-state index is 13.4. The first-order valence-corrected chi connectivity index (χ1v) is 11.4. The van der Waals surface area contributed by atoms with Crippen LogP contribution in [-0.2, 0) is 11.2 Å². The molecule has 192 valence electrons. The summed E-state index contributed by atoms with van der Waals surface area (Å²) in [6.07, 6.45) is 0.101. The molecule has 2 atom stereocenters. The number of amides is 1. The monoisotopic (exact) mass is 506 g/mol. The SMILES string of the molecule is COc1cc([C@@H](CC(=O)N[C@H](Cc2ccccc2)c2n[nH]c(=O)[nH]2)c2oc(C)cc(=O)c2O)ccc1O. The van der Waals surface area contributed by atoms with Gasteiger partial charge >= 0.3 is 5.69 Å². The number of nitrogens with zero attached hydrogens (tertiary/aromatic N) is 1. The zero-order valence-corrected chi connectivity index (χ0v) is 20.1. The van der Waals surface area contributed by atoms with E-state index in [9.17, 15) is 24.6 Å². The van der Waals surface area contributed by atoms with E-state index in [-0.39, 0.29) is 35.3 Å². The lowest BCUT2D eigenvalue weighted by Crippen LogP contribution is -2.32. The lowest BCUT2D eigenvalue weighted by atomic mass is 9.91. The number of methoxy groups -OCH3 is 1. The summed E-state index contributed by atoms with van der Waals surface area (Å²) in [6, 6.07) is 14.3. The van der Waals surface area contributed by atoms with E-state index in [0.717, 1.165) is 11.6 Å². The first-order chi connectivity index (χ1) is 17.7. The summed E-state index contributed by atoms with van der Waals surface area (Å²) in [7, 11) is 1.38. The van der Waals surface area contributed by atoms with Crippen LogP contribution in [0.3, 0.4) is 0 Å². The highest BCUT2D eigenvalue weighted by Gasteiger charge is 2.28. The molecule has 11 heteroatoms. The molecule has 0 aliphatic heterocycles. The van der Waals surface area contributed by atoms with Crippen LogP contribution in [0.2, 0.25) is 0 Å². The molecule has 2 aromatic carbocycles. The molecule has 4 rings (SSSR count). The van der Waals surface area contributed by atoms with Crippen LogP contribution >= 0.6 is 0 Å². The molecule has 0 radical (unpaired) electrons. The smallest absolute Gasteiger partial charge is 0.340 e. The van der Waals surface area contributed by atoms with Crippen molar-refractivity contribution in [3.05, 3.63) is 104 Å². The number of phenolic OH excluding ortho intramolecular Hbond substituents is 1. The molecule has 37 heavy (non-hydrogen) atoms. The van der Waals surface area contributed by atoms with Crippen LogP contribution in [0, 0.1) is 6.92 Å². The lowest BCUT2D eigenvalue weighted by molar-refractivity contribution is -0.122. The molecule has 0 bridgehead atoms. The van der Waals surface area contributed by atoms with Crippen molar-refractivity contribution in [1.82, 2.24) is 20.5 Å². The Morgan fingerprint density at radius 2 is 1.89 bits per heavy atom. The Bertz CT molecular complexity index is 1510. The lowest BCUT2D eigenvalue weighted by Gasteiger charge is -2.21. The number of aromatic amines is 2. The summed E-state index contributed by atoms with van der Waals surface area (Å²) in [5, 5.41) is 29.7. The Morgan fingerprint density at radius 1 is 1.14 bits per heavy atom. The van der Waals surface area contributed by atoms with E-state index < -0.39 is 34.7 Å². The minimum Gasteiger partial charge on any atom is -0.504 e. The van der Waals surface area contributed by atoms with Gasteiger partial charge in [-0.2, -0.15) is 5.10 Å². The van der Waals surface area contributed by atoms with Crippen molar-refractivity contribution in [2.24, 2.45) is 0 Å². The molecule has 11 nitrogen and oxygen atoms in total. The highest BCUT2D eigenvalue weighted by Crippen LogP contribution is 2.37. The number of ether oxygens (including phenoxy) is 1. The zero-order valence-electron chi connectivity index (χ0n) is 20.1. The Balaban J connectivity index is 1.69. The van der Waals surface area contributed by atoms with E-state index in [1.807, 2.05) is 30.3 Å². The van der Waals surface area contributed by atoms with Gasteiger partial charge < -0.3 is 24.7 Å². The number of aromatic hydroxyl groups is 2. The fraction of sp³-hybridized carbons (Fsp3) is 0.231. The minimum atomic E-state index is -0.905. The summed E-state index contributed by atoms with van der Waals surface area (Å²) in [5.74, 6) is -1.56. The van der Waals surface area contributed by atoms with Gasteiger partial charge in [0.2, 0.25) is 17.1 Å². The molecule has 0 saturated carbocycles. The number of hydrogen-bond acceptors (Lipinski definition) is 8. The first kappa shape index (κ1) is 25.3. The predicted molar refractivity (Wildman–Crippen MR) is 133 cm³/mol. The third-order valence-electron chi connectivity index (χ3n) is 5.85. The standard InChI is InChI=1S/C26H26N4O7/c1-14-10-20(32)23(34)24(37-14)17(16-8-9-19(31)21(12-16)36-2)13-22(33)27-18(25-28-26(35)30-29-25)11-15-6-4-3-5-7-15/h3-10,12,17-18,31,34H,11,13H2,1-2H3,(H,27,33)(H2,28,29,30,35)/t17-,18-/m1/s1. The summed E-state index contributed by atoms with van der Waals surface area (Å²) < 4.78 is 10.9. The molecule has 0 aliphatic rings. The van der Waals surface area contributed by atoms with E-state index >= 15 is 0 Å². The van der Waals surface area contributed by atoms with Crippen molar-refractivity contribution < 1.29 is 24.2 Å². The van der Waals surface area contributed by atoms with Crippen molar-refractivity contribution in [1.29, 1.82) is 0 Å². The van der Waals surface area contributed by atoms with E-state index in [4.69, 9.17) is 9.15 Å². The average Bonchev–Trinajstić information content (AvgIpc) is 3.32.